The molecule has 0 amide bonds. The van der Waals surface area contributed by atoms with Crippen LogP contribution in [0.5, 0.6) is 0 Å². The summed E-state index contributed by atoms with van der Waals surface area (Å²) in [4.78, 5) is 14.6. The van der Waals surface area contributed by atoms with Crippen molar-refractivity contribution in [3.05, 3.63) is 168 Å². The summed E-state index contributed by atoms with van der Waals surface area (Å²) in [6, 6.07) is 51.2. The van der Waals surface area contributed by atoms with Crippen molar-refractivity contribution < 1.29 is 0 Å². The Kier molecular flexibility index (Phi) is 7.82. The van der Waals surface area contributed by atoms with E-state index in [4.69, 9.17) is 9.98 Å². The molecule has 0 heterocycles. The van der Waals surface area contributed by atoms with Crippen LogP contribution >= 0.6 is 0 Å². The summed E-state index contributed by atoms with van der Waals surface area (Å²) in [7, 11) is 0. The number of hydrogen-bond acceptors (Lipinski definition) is 1. The fourth-order valence-corrected chi connectivity index (χ4v) is 5.92. The van der Waals surface area contributed by atoms with Gasteiger partial charge in [-0.05, 0) is 85.9 Å². The highest BCUT2D eigenvalue weighted by molar-refractivity contribution is 6.18. The number of amidine groups is 2. The number of fused-ring (bicyclic) bond motifs is 3. The minimum atomic E-state index is 0.495. The summed E-state index contributed by atoms with van der Waals surface area (Å²) in [5.74, 6) is 1.18. The van der Waals surface area contributed by atoms with Gasteiger partial charge in [0.25, 0.3) is 0 Å². The van der Waals surface area contributed by atoms with Crippen LogP contribution in [0.1, 0.15) is 29.2 Å². The highest BCUT2D eigenvalue weighted by Crippen LogP contribution is 2.27. The Hall–Kier alpha value is -5.67. The van der Waals surface area contributed by atoms with E-state index in [0.717, 1.165) is 39.3 Å². The molecule has 0 aliphatic heterocycles. The molecule has 7 aromatic rings. The molecule has 0 aromatic heterocycles. The average molecular weight is 580 g/mol. The van der Waals surface area contributed by atoms with E-state index in [2.05, 4.69) is 134 Å². The number of benzene rings is 7. The second-order valence-corrected chi connectivity index (χ2v) is 11.3. The van der Waals surface area contributed by atoms with E-state index in [0.29, 0.717) is 18.2 Å². The van der Waals surface area contributed by atoms with E-state index in [1.165, 1.54) is 32.8 Å². The number of aryl methyl sites for hydroxylation is 1. The third-order valence-electron chi connectivity index (χ3n) is 8.39. The third kappa shape index (κ3) is 5.93. The molecule has 7 rings (SSSR count). The zero-order chi connectivity index (χ0) is 30.6. The maximum absolute atomic E-state index is 5.11. The molecule has 0 saturated carbocycles. The van der Waals surface area contributed by atoms with Crippen LogP contribution in [0.2, 0.25) is 0 Å². The quantitative estimate of drug-likeness (QED) is 0.139. The van der Waals surface area contributed by atoms with Crippen LogP contribution in [-0.4, -0.2) is 18.4 Å². The maximum atomic E-state index is 5.11. The lowest BCUT2D eigenvalue weighted by molar-refractivity contribution is 1.06. The molecular weight excluding hydrogens is 546 g/mol. The molecule has 0 aliphatic carbocycles. The van der Waals surface area contributed by atoms with Crippen molar-refractivity contribution >= 4 is 50.7 Å². The molecule has 0 atom stereocenters. The van der Waals surface area contributed by atoms with Gasteiger partial charge in [0.15, 0.2) is 11.7 Å². The van der Waals surface area contributed by atoms with Gasteiger partial charge in [0.2, 0.25) is 0 Å². The predicted molar refractivity (Wildman–Crippen MR) is 193 cm³/mol. The lowest BCUT2D eigenvalue weighted by Gasteiger charge is -2.10. The first kappa shape index (κ1) is 28.1. The van der Waals surface area contributed by atoms with Crippen LogP contribution in [0.25, 0.3) is 43.4 Å². The molecule has 3 heteroatoms. The van der Waals surface area contributed by atoms with Crippen molar-refractivity contribution in [1.29, 1.82) is 0 Å². The van der Waals surface area contributed by atoms with Crippen LogP contribution in [0, 0.1) is 0 Å². The molecule has 45 heavy (non-hydrogen) atoms. The number of nitrogens with zero attached hydrogens (tertiary/aromatic N) is 3. The Morgan fingerprint density at radius 1 is 0.533 bits per heavy atom. The highest BCUT2D eigenvalue weighted by atomic mass is 15.0. The average Bonchev–Trinajstić information content (AvgIpc) is 3.11. The zero-order valence-electron chi connectivity index (χ0n) is 25.3. The second kappa shape index (κ2) is 12.5. The van der Waals surface area contributed by atoms with Crippen molar-refractivity contribution in [3.63, 3.8) is 0 Å². The van der Waals surface area contributed by atoms with Gasteiger partial charge in [-0.3, -0.25) is 4.99 Å². The summed E-state index contributed by atoms with van der Waals surface area (Å²) >= 11 is 0. The van der Waals surface area contributed by atoms with Crippen LogP contribution < -0.4 is 0 Å². The van der Waals surface area contributed by atoms with Crippen LogP contribution in [0.15, 0.2) is 161 Å². The standard InChI is InChI=1S/C42H33N3/c1-3-29-16-18-34-25-30(17-19-33(34)24-29)28-44-41(45-42(43-2)40-15-9-13-32-12-7-8-14-39(32)40)38-23-22-36-26-35(20-21-37(36)27-38)31-10-5-4-6-11-31/h4-27H,2-3,28H2,1H3/b44-41-,45-42-. The number of aliphatic imine (C=N–C) groups is 3. The molecular formula is C42H33N3. The first-order valence-electron chi connectivity index (χ1n) is 15.4. The summed E-state index contributed by atoms with van der Waals surface area (Å²) in [5, 5.41) is 6.98. The zero-order valence-corrected chi connectivity index (χ0v) is 25.3. The van der Waals surface area contributed by atoms with Crippen molar-refractivity contribution in [2.24, 2.45) is 15.0 Å². The molecule has 0 aliphatic rings. The lowest BCUT2D eigenvalue weighted by atomic mass is 9.99. The highest BCUT2D eigenvalue weighted by Gasteiger charge is 2.11. The Balaban J connectivity index is 1.32. The molecule has 3 nitrogen and oxygen atoms in total. The predicted octanol–water partition coefficient (Wildman–Crippen LogP) is 10.5. The van der Waals surface area contributed by atoms with Gasteiger partial charge in [0, 0.05) is 11.1 Å². The van der Waals surface area contributed by atoms with E-state index in [1.807, 2.05) is 30.3 Å². The fourth-order valence-electron chi connectivity index (χ4n) is 5.92. The van der Waals surface area contributed by atoms with Crippen molar-refractivity contribution in [2.75, 3.05) is 0 Å². The summed E-state index contributed by atoms with van der Waals surface area (Å²) in [6.07, 6.45) is 1.03. The third-order valence-corrected chi connectivity index (χ3v) is 8.39. The van der Waals surface area contributed by atoms with E-state index in [-0.39, 0.29) is 0 Å². The van der Waals surface area contributed by atoms with E-state index >= 15 is 0 Å². The van der Waals surface area contributed by atoms with Gasteiger partial charge in [-0.1, -0.05) is 134 Å². The molecule has 0 N–H and O–H groups in total. The minimum Gasteiger partial charge on any atom is -0.261 e. The molecule has 0 spiro atoms. The summed E-state index contributed by atoms with van der Waals surface area (Å²) < 4.78 is 0. The summed E-state index contributed by atoms with van der Waals surface area (Å²) in [5.41, 5.74) is 6.74. The van der Waals surface area contributed by atoms with Crippen molar-refractivity contribution in [1.82, 2.24) is 0 Å². The Labute approximate surface area is 264 Å². The van der Waals surface area contributed by atoms with Crippen LogP contribution in [-0.2, 0) is 13.0 Å². The normalized spacial score (nSPS) is 12.2. The van der Waals surface area contributed by atoms with Crippen molar-refractivity contribution in [3.8, 4) is 11.1 Å². The number of hydrogen-bond donors (Lipinski definition) is 0. The first-order valence-corrected chi connectivity index (χ1v) is 15.4. The van der Waals surface area contributed by atoms with E-state index < -0.39 is 0 Å². The van der Waals surface area contributed by atoms with Crippen LogP contribution in [0.3, 0.4) is 0 Å². The van der Waals surface area contributed by atoms with Gasteiger partial charge >= 0.3 is 0 Å². The van der Waals surface area contributed by atoms with Gasteiger partial charge < -0.3 is 0 Å². The van der Waals surface area contributed by atoms with Gasteiger partial charge in [0.05, 0.1) is 6.54 Å². The molecule has 7 aromatic carbocycles. The lowest BCUT2D eigenvalue weighted by Crippen LogP contribution is -2.06. The van der Waals surface area contributed by atoms with Crippen LogP contribution in [0.4, 0.5) is 0 Å². The number of rotatable bonds is 6. The Morgan fingerprint density at radius 2 is 1.20 bits per heavy atom. The van der Waals surface area contributed by atoms with Gasteiger partial charge in [0.1, 0.15) is 0 Å². The monoisotopic (exact) mass is 579 g/mol. The first-order chi connectivity index (χ1) is 22.2. The van der Waals surface area contributed by atoms with E-state index in [1.54, 1.807) is 0 Å². The Morgan fingerprint density at radius 3 is 2.02 bits per heavy atom. The molecule has 0 fully saturated rings. The topological polar surface area (TPSA) is 37.1 Å². The van der Waals surface area contributed by atoms with Gasteiger partial charge in [-0.2, -0.15) is 0 Å². The van der Waals surface area contributed by atoms with Gasteiger partial charge in [-0.25, -0.2) is 9.98 Å². The second-order valence-electron chi connectivity index (χ2n) is 11.3. The molecule has 216 valence electrons. The summed E-state index contributed by atoms with van der Waals surface area (Å²) in [6.45, 7) is 6.59. The molecule has 0 unspecified atom stereocenters. The van der Waals surface area contributed by atoms with Gasteiger partial charge in [-0.15, -0.1) is 0 Å². The van der Waals surface area contributed by atoms with Crippen molar-refractivity contribution in [2.45, 2.75) is 19.9 Å². The Bertz CT molecular complexity index is 2240. The fraction of sp³-hybridized carbons (Fsp3) is 0.0714. The SMILES string of the molecule is C=N/C(=N\C(=N/Cc1ccc2cc(CC)ccc2c1)c1ccc2cc(-c3ccccc3)ccc2c1)c1cccc2ccccc12. The molecule has 0 saturated heterocycles. The molecule has 0 bridgehead atoms. The van der Waals surface area contributed by atoms with E-state index in [9.17, 15) is 0 Å². The minimum absolute atomic E-state index is 0.495. The smallest absolute Gasteiger partial charge is 0.161 e. The maximum Gasteiger partial charge on any atom is 0.161 e. The largest absolute Gasteiger partial charge is 0.261 e. The molecule has 0 radical (unpaired) electrons.